The van der Waals surface area contributed by atoms with E-state index in [1.165, 1.54) is 6.20 Å². The van der Waals surface area contributed by atoms with Gasteiger partial charge in [-0.15, -0.1) is 0 Å². The average Bonchev–Trinajstić information content (AvgIpc) is 2.63. The predicted octanol–water partition coefficient (Wildman–Crippen LogP) is 0.973. The lowest BCUT2D eigenvalue weighted by molar-refractivity contribution is 0.0526. The molecule has 0 fully saturated rings. The van der Waals surface area contributed by atoms with Gasteiger partial charge in [0, 0.05) is 6.20 Å². The van der Waals surface area contributed by atoms with Gasteiger partial charge in [-0.05, 0) is 6.92 Å². The minimum atomic E-state index is -0.379. The highest BCUT2D eigenvalue weighted by molar-refractivity contribution is 5.88. The number of hydrogen-bond donors (Lipinski definition) is 0. The molecule has 0 aliphatic heterocycles. The van der Waals surface area contributed by atoms with Crippen molar-refractivity contribution in [1.29, 1.82) is 5.26 Å². The van der Waals surface area contributed by atoms with E-state index in [1.807, 2.05) is 6.07 Å². The van der Waals surface area contributed by atoms with E-state index in [0.717, 1.165) is 0 Å². The number of nitrogens with zero attached hydrogens (tertiary/aromatic N) is 3. The van der Waals surface area contributed by atoms with Crippen molar-refractivity contribution in [3.63, 3.8) is 0 Å². The van der Waals surface area contributed by atoms with Crippen LogP contribution in [0.2, 0.25) is 0 Å². The van der Waals surface area contributed by atoms with Gasteiger partial charge in [0.25, 0.3) is 0 Å². The maximum Gasteiger partial charge on any atom is 0.341 e. The molecule has 0 saturated carbocycles. The van der Waals surface area contributed by atoms with Gasteiger partial charge in [0.15, 0.2) is 0 Å². The second-order valence-corrected chi connectivity index (χ2v) is 2.62. The molecule has 0 aliphatic rings. The Bertz CT molecular complexity index is 351. The summed E-state index contributed by atoms with van der Waals surface area (Å²) in [7, 11) is 0. The standard InChI is InChI=1S/C9H11N3O2/c1-2-14-9(13)8-6-11-12(7-8)5-3-4-10/h6-7H,2-3,5H2,1H3. The van der Waals surface area contributed by atoms with Gasteiger partial charge in [-0.3, -0.25) is 4.68 Å². The number of hydrogen-bond acceptors (Lipinski definition) is 4. The van der Waals surface area contributed by atoms with Crippen LogP contribution in [0.25, 0.3) is 0 Å². The molecule has 0 N–H and O–H groups in total. The first-order valence-corrected chi connectivity index (χ1v) is 4.34. The quantitative estimate of drug-likeness (QED) is 0.668. The van der Waals surface area contributed by atoms with Crippen molar-refractivity contribution in [2.75, 3.05) is 6.61 Å². The van der Waals surface area contributed by atoms with Gasteiger partial charge in [0.1, 0.15) is 0 Å². The third-order valence-corrected chi connectivity index (χ3v) is 1.60. The highest BCUT2D eigenvalue weighted by atomic mass is 16.5. The minimum absolute atomic E-state index is 0.349. The van der Waals surface area contributed by atoms with Gasteiger partial charge < -0.3 is 4.74 Å². The molecular weight excluding hydrogens is 182 g/mol. The molecule has 1 rings (SSSR count). The van der Waals surface area contributed by atoms with E-state index in [1.54, 1.807) is 17.8 Å². The minimum Gasteiger partial charge on any atom is -0.462 e. The van der Waals surface area contributed by atoms with Crippen LogP contribution >= 0.6 is 0 Å². The Hall–Kier alpha value is -1.83. The lowest BCUT2D eigenvalue weighted by Gasteiger charge is -1.96. The van der Waals surface area contributed by atoms with Crippen molar-refractivity contribution in [3.05, 3.63) is 18.0 Å². The summed E-state index contributed by atoms with van der Waals surface area (Å²) in [6, 6.07) is 2.00. The van der Waals surface area contributed by atoms with Crippen molar-refractivity contribution in [3.8, 4) is 6.07 Å². The van der Waals surface area contributed by atoms with Gasteiger partial charge in [-0.2, -0.15) is 10.4 Å². The van der Waals surface area contributed by atoms with Crippen molar-refractivity contribution in [2.45, 2.75) is 19.9 Å². The van der Waals surface area contributed by atoms with Crippen LogP contribution in [0.15, 0.2) is 12.4 Å². The molecular formula is C9H11N3O2. The number of carbonyl (C=O) groups is 1. The van der Waals surface area contributed by atoms with E-state index in [-0.39, 0.29) is 5.97 Å². The molecule has 74 valence electrons. The number of esters is 1. The van der Waals surface area contributed by atoms with E-state index in [4.69, 9.17) is 10.00 Å². The number of aromatic nitrogens is 2. The monoisotopic (exact) mass is 193 g/mol. The first kappa shape index (κ1) is 10.3. The maximum absolute atomic E-state index is 11.2. The zero-order valence-electron chi connectivity index (χ0n) is 7.93. The van der Waals surface area contributed by atoms with Crippen molar-refractivity contribution < 1.29 is 9.53 Å². The summed E-state index contributed by atoms with van der Waals surface area (Å²) < 4.78 is 6.34. The van der Waals surface area contributed by atoms with Crippen LogP contribution in [0.5, 0.6) is 0 Å². The SMILES string of the molecule is CCOC(=O)c1cnn(CCC#N)c1. The number of aryl methyl sites for hydroxylation is 1. The smallest absolute Gasteiger partial charge is 0.341 e. The summed E-state index contributed by atoms with van der Waals surface area (Å²) in [6.45, 7) is 2.59. The molecule has 0 bridgehead atoms. The van der Waals surface area contributed by atoms with Gasteiger partial charge in [0.05, 0.1) is 37.4 Å². The number of rotatable bonds is 4. The number of ether oxygens (including phenoxy) is 1. The predicted molar refractivity (Wildman–Crippen MR) is 48.4 cm³/mol. The van der Waals surface area contributed by atoms with Crippen LogP contribution < -0.4 is 0 Å². The van der Waals surface area contributed by atoms with E-state index < -0.39 is 0 Å². The Morgan fingerprint density at radius 2 is 2.57 bits per heavy atom. The van der Waals surface area contributed by atoms with Crippen LogP contribution in [-0.4, -0.2) is 22.4 Å². The van der Waals surface area contributed by atoms with Crippen molar-refractivity contribution in [1.82, 2.24) is 9.78 Å². The molecule has 0 spiro atoms. The van der Waals surface area contributed by atoms with Crippen LogP contribution in [0.1, 0.15) is 23.7 Å². The third-order valence-electron chi connectivity index (χ3n) is 1.60. The average molecular weight is 193 g/mol. The molecule has 0 atom stereocenters. The fraction of sp³-hybridized carbons (Fsp3) is 0.444. The highest BCUT2D eigenvalue weighted by Crippen LogP contribution is 2.00. The van der Waals surface area contributed by atoms with Gasteiger partial charge >= 0.3 is 5.97 Å². The summed E-state index contributed by atoms with van der Waals surface area (Å²) in [6.07, 6.45) is 3.40. The molecule has 0 aliphatic carbocycles. The zero-order valence-corrected chi connectivity index (χ0v) is 7.93. The molecule has 1 heterocycles. The Morgan fingerprint density at radius 3 is 3.21 bits per heavy atom. The molecule has 5 nitrogen and oxygen atoms in total. The van der Waals surface area contributed by atoms with Crippen molar-refractivity contribution >= 4 is 5.97 Å². The van der Waals surface area contributed by atoms with Crippen LogP contribution in [-0.2, 0) is 11.3 Å². The van der Waals surface area contributed by atoms with E-state index in [0.29, 0.717) is 25.1 Å². The summed E-state index contributed by atoms with van der Waals surface area (Å²) in [5.74, 6) is -0.379. The summed E-state index contributed by atoms with van der Waals surface area (Å²) in [5.41, 5.74) is 0.421. The topological polar surface area (TPSA) is 67.9 Å². The number of nitriles is 1. The van der Waals surface area contributed by atoms with Crippen LogP contribution in [0.4, 0.5) is 0 Å². The van der Waals surface area contributed by atoms with Gasteiger partial charge in [-0.25, -0.2) is 4.79 Å². The Balaban J connectivity index is 2.59. The Labute approximate surface area is 81.9 Å². The molecule has 1 aromatic heterocycles. The Kier molecular flexibility index (Phi) is 3.68. The molecule has 1 aromatic rings. The van der Waals surface area contributed by atoms with Crippen LogP contribution in [0, 0.1) is 11.3 Å². The number of carbonyl (C=O) groups excluding carboxylic acids is 1. The Morgan fingerprint density at radius 1 is 1.79 bits per heavy atom. The molecule has 0 radical (unpaired) electrons. The van der Waals surface area contributed by atoms with Gasteiger partial charge in [-0.1, -0.05) is 0 Å². The first-order valence-electron chi connectivity index (χ1n) is 4.34. The molecule has 0 aromatic carbocycles. The van der Waals surface area contributed by atoms with Crippen molar-refractivity contribution in [2.24, 2.45) is 0 Å². The molecule has 0 unspecified atom stereocenters. The second-order valence-electron chi connectivity index (χ2n) is 2.62. The van der Waals surface area contributed by atoms with Gasteiger partial charge in [0.2, 0.25) is 0 Å². The van der Waals surface area contributed by atoms with E-state index in [9.17, 15) is 4.79 Å². The highest BCUT2D eigenvalue weighted by Gasteiger charge is 2.08. The van der Waals surface area contributed by atoms with Crippen LogP contribution in [0.3, 0.4) is 0 Å². The first-order chi connectivity index (χ1) is 6.77. The fourth-order valence-corrected chi connectivity index (χ4v) is 0.970. The third kappa shape index (κ3) is 2.59. The zero-order chi connectivity index (χ0) is 10.4. The largest absolute Gasteiger partial charge is 0.462 e. The maximum atomic E-state index is 11.2. The normalized spacial score (nSPS) is 9.43. The lowest BCUT2D eigenvalue weighted by Crippen LogP contribution is -2.03. The molecule has 0 saturated heterocycles. The fourth-order valence-electron chi connectivity index (χ4n) is 0.970. The summed E-state index contributed by atoms with van der Waals surface area (Å²) >= 11 is 0. The summed E-state index contributed by atoms with van der Waals surface area (Å²) in [4.78, 5) is 11.2. The van der Waals surface area contributed by atoms with E-state index in [2.05, 4.69) is 5.10 Å². The second kappa shape index (κ2) is 5.02. The summed E-state index contributed by atoms with van der Waals surface area (Å²) in [5, 5.41) is 12.3. The van der Waals surface area contributed by atoms with E-state index >= 15 is 0 Å². The molecule has 14 heavy (non-hydrogen) atoms. The molecule has 5 heteroatoms. The lowest BCUT2D eigenvalue weighted by atomic mass is 10.4. The molecule has 0 amide bonds.